The normalized spacial score (nSPS) is 16.0. The van der Waals surface area contributed by atoms with Crippen LogP contribution in [0.5, 0.6) is 11.5 Å². The molecule has 0 spiro atoms. The highest BCUT2D eigenvalue weighted by atomic mass is 32.2. The lowest BCUT2D eigenvalue weighted by Crippen LogP contribution is -2.40. The van der Waals surface area contributed by atoms with Gasteiger partial charge in [0.1, 0.15) is 17.9 Å². The summed E-state index contributed by atoms with van der Waals surface area (Å²) in [6.07, 6.45) is 3.95. The lowest BCUT2D eigenvalue weighted by Gasteiger charge is -2.26. The highest BCUT2D eigenvalue weighted by Gasteiger charge is 2.21. The van der Waals surface area contributed by atoms with Crippen molar-refractivity contribution in [2.75, 3.05) is 50.2 Å². The van der Waals surface area contributed by atoms with Crippen molar-refractivity contribution >= 4 is 32.2 Å². The molecule has 1 N–H and O–H groups in total. The number of aromatic nitrogens is 2. The average Bonchev–Trinajstić information content (AvgIpc) is 3.25. The van der Waals surface area contributed by atoms with Crippen molar-refractivity contribution in [3.63, 3.8) is 0 Å². The molecule has 0 bridgehead atoms. The van der Waals surface area contributed by atoms with Gasteiger partial charge in [-0.2, -0.15) is 0 Å². The van der Waals surface area contributed by atoms with Crippen LogP contribution in [-0.4, -0.2) is 68.1 Å². The number of rotatable bonds is 8. The Morgan fingerprint density at radius 2 is 1.97 bits per heavy atom. The number of fused-ring (bicyclic) bond motifs is 2. The molecule has 2 aliphatic heterocycles. The van der Waals surface area contributed by atoms with Crippen LogP contribution in [0.4, 0.5) is 11.5 Å². The molecule has 0 unspecified atom stereocenters. The number of nitrogens with one attached hydrogen (secondary N) is 1. The molecular weight excluding hydrogens is 456 g/mol. The van der Waals surface area contributed by atoms with E-state index in [9.17, 15) is 8.42 Å². The first-order chi connectivity index (χ1) is 16.5. The molecule has 0 amide bonds. The van der Waals surface area contributed by atoms with E-state index in [1.807, 2.05) is 36.4 Å². The molecule has 9 nitrogen and oxygen atoms in total. The molecule has 34 heavy (non-hydrogen) atoms. The molecule has 178 valence electrons. The number of hydrogen-bond acceptors (Lipinski definition) is 9. The van der Waals surface area contributed by atoms with E-state index in [2.05, 4.69) is 20.2 Å². The molecule has 10 heteroatoms. The summed E-state index contributed by atoms with van der Waals surface area (Å²) in [5.41, 5.74) is 2.59. The van der Waals surface area contributed by atoms with Gasteiger partial charge in [0.25, 0.3) is 0 Å². The lowest BCUT2D eigenvalue weighted by atomic mass is 10.2. The van der Waals surface area contributed by atoms with Gasteiger partial charge in [-0.3, -0.25) is 0 Å². The summed E-state index contributed by atoms with van der Waals surface area (Å²) in [7, 11) is -1.26. The Morgan fingerprint density at radius 3 is 2.79 bits per heavy atom. The Balaban J connectivity index is 1.28. The van der Waals surface area contributed by atoms with Gasteiger partial charge in [-0.05, 0) is 36.8 Å². The molecule has 0 radical (unpaired) electrons. The van der Waals surface area contributed by atoms with Crippen LogP contribution >= 0.6 is 0 Å². The van der Waals surface area contributed by atoms with Crippen molar-refractivity contribution in [2.24, 2.45) is 0 Å². The molecule has 5 rings (SSSR count). The van der Waals surface area contributed by atoms with Gasteiger partial charge in [0.05, 0.1) is 42.7 Å². The Kier molecular flexibility index (Phi) is 6.25. The molecule has 0 saturated carbocycles. The molecule has 1 aromatic carbocycles. The standard InChI is InChI=1S/C24H26N4O5S/c1-31-22-14-18-20(15-23(22)33-11-3-7-28-8-12-34(29,30)13-9-28)25-16-26-24(18)27-19-5-6-21-17(19)4-2-10-32-21/h2,4-6,10,14-16H,3,7-9,11-13H2,1H3,(H,25,26,27). The summed E-state index contributed by atoms with van der Waals surface area (Å²) in [4.78, 5) is 11.0. The minimum Gasteiger partial charge on any atom is -0.493 e. The van der Waals surface area contributed by atoms with E-state index in [4.69, 9.17) is 13.9 Å². The first kappa shape index (κ1) is 22.4. The molecule has 0 atom stereocenters. The Morgan fingerprint density at radius 1 is 1.12 bits per heavy atom. The third-order valence-electron chi connectivity index (χ3n) is 5.98. The van der Waals surface area contributed by atoms with Crippen LogP contribution in [0.2, 0.25) is 0 Å². The topological polar surface area (TPSA) is 107 Å². The number of sulfone groups is 1. The molecule has 3 heterocycles. The second-order valence-corrected chi connectivity index (χ2v) is 10.5. The van der Waals surface area contributed by atoms with Crippen LogP contribution in [0.3, 0.4) is 0 Å². The zero-order valence-corrected chi connectivity index (χ0v) is 19.7. The van der Waals surface area contributed by atoms with Gasteiger partial charge in [-0.25, -0.2) is 18.4 Å². The zero-order valence-electron chi connectivity index (χ0n) is 18.9. The number of ether oxygens (including phenoxy) is 2. The van der Waals surface area contributed by atoms with E-state index in [-0.39, 0.29) is 11.5 Å². The maximum absolute atomic E-state index is 11.6. The molecule has 1 fully saturated rings. The highest BCUT2D eigenvalue weighted by Crippen LogP contribution is 2.37. The fraction of sp³-hybridized carbons (Fsp3) is 0.333. The monoisotopic (exact) mass is 482 g/mol. The van der Waals surface area contributed by atoms with Gasteiger partial charge in [0.15, 0.2) is 21.3 Å². The van der Waals surface area contributed by atoms with Crippen molar-refractivity contribution in [3.8, 4) is 22.8 Å². The summed E-state index contributed by atoms with van der Waals surface area (Å²) in [5.74, 6) is 3.12. The van der Waals surface area contributed by atoms with E-state index in [1.54, 1.807) is 13.4 Å². The van der Waals surface area contributed by atoms with Crippen molar-refractivity contribution in [3.05, 3.63) is 49.0 Å². The number of hydrogen-bond donors (Lipinski definition) is 1. The van der Waals surface area contributed by atoms with Gasteiger partial charge in [-0.15, -0.1) is 0 Å². The van der Waals surface area contributed by atoms with Gasteiger partial charge in [0, 0.05) is 36.7 Å². The Hall–Kier alpha value is -3.37. The predicted molar refractivity (Wildman–Crippen MR) is 130 cm³/mol. The quantitative estimate of drug-likeness (QED) is 0.377. The maximum atomic E-state index is 11.6. The van der Waals surface area contributed by atoms with Crippen LogP contribution in [0.15, 0.2) is 53.4 Å². The molecule has 2 aromatic rings. The Labute approximate surface area is 198 Å². The van der Waals surface area contributed by atoms with Gasteiger partial charge >= 0.3 is 0 Å². The van der Waals surface area contributed by atoms with Crippen molar-refractivity contribution < 1.29 is 22.3 Å². The zero-order chi connectivity index (χ0) is 23.5. The minimum absolute atomic E-state index is 0.234. The summed E-state index contributed by atoms with van der Waals surface area (Å²) < 4.78 is 40.3. The molecule has 1 saturated heterocycles. The van der Waals surface area contributed by atoms with E-state index in [0.29, 0.717) is 37.0 Å². The van der Waals surface area contributed by atoms with Gasteiger partial charge < -0.3 is 24.1 Å². The van der Waals surface area contributed by atoms with E-state index >= 15 is 0 Å². The van der Waals surface area contributed by atoms with Crippen LogP contribution in [0, 0.1) is 0 Å². The lowest BCUT2D eigenvalue weighted by molar-refractivity contribution is 0.240. The first-order valence-electron chi connectivity index (χ1n) is 11.1. The minimum atomic E-state index is -2.86. The van der Waals surface area contributed by atoms with Crippen LogP contribution < -0.4 is 14.8 Å². The molecular formula is C24H26N4O5S. The summed E-state index contributed by atoms with van der Waals surface area (Å²) >= 11 is 0. The second-order valence-electron chi connectivity index (χ2n) is 8.20. The largest absolute Gasteiger partial charge is 0.493 e. The Bertz CT molecular complexity index is 1360. The summed E-state index contributed by atoms with van der Waals surface area (Å²) in [6, 6.07) is 11.4. The summed E-state index contributed by atoms with van der Waals surface area (Å²) in [6.45, 7) is 2.45. The maximum Gasteiger partial charge on any atom is 0.163 e. The molecule has 1 aliphatic carbocycles. The number of anilines is 2. The average molecular weight is 483 g/mol. The van der Waals surface area contributed by atoms with Crippen molar-refractivity contribution in [2.45, 2.75) is 6.42 Å². The fourth-order valence-corrected chi connectivity index (χ4v) is 5.39. The number of benzene rings is 1. The van der Waals surface area contributed by atoms with E-state index in [1.165, 1.54) is 6.33 Å². The van der Waals surface area contributed by atoms with Crippen LogP contribution in [-0.2, 0) is 9.84 Å². The van der Waals surface area contributed by atoms with Crippen molar-refractivity contribution in [1.29, 1.82) is 0 Å². The number of methoxy groups -OCH3 is 1. The third-order valence-corrected chi connectivity index (χ3v) is 7.59. The van der Waals surface area contributed by atoms with Gasteiger partial charge in [-0.1, -0.05) is 0 Å². The predicted octanol–water partition coefficient (Wildman–Crippen LogP) is 3.58. The molecule has 1 aromatic heterocycles. The number of nitrogens with zero attached hydrogens (tertiary/aromatic N) is 3. The summed E-state index contributed by atoms with van der Waals surface area (Å²) in [5, 5.41) is 4.19. The van der Waals surface area contributed by atoms with Gasteiger partial charge in [0.2, 0.25) is 0 Å². The third kappa shape index (κ3) is 4.78. The van der Waals surface area contributed by atoms with E-state index in [0.717, 1.165) is 40.9 Å². The van der Waals surface area contributed by atoms with Crippen LogP contribution in [0.25, 0.3) is 22.2 Å². The highest BCUT2D eigenvalue weighted by molar-refractivity contribution is 7.91. The second kappa shape index (κ2) is 9.47. The first-order valence-corrected chi connectivity index (χ1v) is 13.0. The van der Waals surface area contributed by atoms with Crippen molar-refractivity contribution in [1.82, 2.24) is 14.9 Å². The molecule has 3 aliphatic rings. The van der Waals surface area contributed by atoms with E-state index < -0.39 is 9.84 Å². The smallest absolute Gasteiger partial charge is 0.163 e. The van der Waals surface area contributed by atoms with Crippen LogP contribution in [0.1, 0.15) is 6.42 Å². The fourth-order valence-electron chi connectivity index (χ4n) is 4.11. The SMILES string of the molecule is COc1cc2c(Nc3ccc4occcc3-4)ncnc2cc1OCCCN1CCS(=O)(=O)CC1.